The molecule has 7 rings (SSSR count). The summed E-state index contributed by atoms with van der Waals surface area (Å²) < 4.78 is 0. The first-order chi connectivity index (χ1) is 24.8. The van der Waals surface area contributed by atoms with Crippen LogP contribution >= 0.6 is 11.6 Å². The zero-order valence-electron chi connectivity index (χ0n) is 28.6. The summed E-state index contributed by atoms with van der Waals surface area (Å²) in [5.41, 5.74) is 5.05. The lowest BCUT2D eigenvalue weighted by Crippen LogP contribution is -2.59. The maximum absolute atomic E-state index is 14.4. The van der Waals surface area contributed by atoms with Crippen molar-refractivity contribution in [1.29, 1.82) is 0 Å². The van der Waals surface area contributed by atoms with Crippen molar-refractivity contribution in [2.24, 2.45) is 0 Å². The molecule has 1 spiro atoms. The molecule has 0 unspecified atom stereocenters. The van der Waals surface area contributed by atoms with Crippen LogP contribution < -0.4 is 20.9 Å². The SMILES string of the molecule is C=C(N[C@H](Cc1ccc(Cl)cc1)C(=O)N1CCC2(CC1)C(=O)N(CC(=O)Nc1ccccc1)CN2c1ccccc1)[C@H]1Cc2ccccc2CN1. The molecular weight excluding hydrogens is 660 g/mol. The lowest BCUT2D eigenvalue weighted by atomic mass is 9.85. The van der Waals surface area contributed by atoms with Gasteiger partial charge in [-0.05, 0) is 72.4 Å². The van der Waals surface area contributed by atoms with E-state index in [-0.39, 0.29) is 37.0 Å². The molecule has 2 fully saturated rings. The van der Waals surface area contributed by atoms with E-state index in [1.807, 2.05) is 89.8 Å². The fourth-order valence-corrected chi connectivity index (χ4v) is 7.74. The molecule has 3 heterocycles. The van der Waals surface area contributed by atoms with E-state index in [1.165, 1.54) is 11.1 Å². The van der Waals surface area contributed by atoms with E-state index in [2.05, 4.69) is 51.7 Å². The number of nitrogens with one attached hydrogen (secondary N) is 3. The van der Waals surface area contributed by atoms with Gasteiger partial charge in [0.05, 0.1) is 12.7 Å². The van der Waals surface area contributed by atoms with E-state index in [4.69, 9.17) is 11.6 Å². The van der Waals surface area contributed by atoms with Gasteiger partial charge in [0.15, 0.2) is 0 Å². The number of nitrogens with zero attached hydrogens (tertiary/aromatic N) is 3. The Labute approximate surface area is 304 Å². The van der Waals surface area contributed by atoms with Crippen LogP contribution in [0.2, 0.25) is 5.02 Å². The van der Waals surface area contributed by atoms with Crippen molar-refractivity contribution in [2.75, 3.05) is 36.5 Å². The Hall–Kier alpha value is -5.12. The lowest BCUT2D eigenvalue weighted by molar-refractivity contribution is -0.140. The van der Waals surface area contributed by atoms with Crippen LogP contribution in [0.3, 0.4) is 0 Å². The summed E-state index contributed by atoms with van der Waals surface area (Å²) in [5, 5.41) is 10.6. The fraction of sp³-hybridized carbons (Fsp3) is 0.293. The maximum atomic E-state index is 14.4. The van der Waals surface area contributed by atoms with E-state index >= 15 is 0 Å². The molecule has 0 saturated carbocycles. The summed E-state index contributed by atoms with van der Waals surface area (Å²) in [4.78, 5) is 47.4. The summed E-state index contributed by atoms with van der Waals surface area (Å²) in [7, 11) is 0. The highest BCUT2D eigenvalue weighted by Crippen LogP contribution is 2.39. The van der Waals surface area contributed by atoms with E-state index in [0.717, 1.165) is 29.9 Å². The highest BCUT2D eigenvalue weighted by Gasteiger charge is 2.54. The first-order valence-electron chi connectivity index (χ1n) is 17.5. The van der Waals surface area contributed by atoms with Crippen molar-refractivity contribution in [1.82, 2.24) is 20.4 Å². The Morgan fingerprint density at radius 1 is 0.882 bits per heavy atom. The molecule has 4 aromatic carbocycles. The Kier molecular flexibility index (Phi) is 10.1. The molecule has 2 saturated heterocycles. The van der Waals surface area contributed by atoms with Crippen LogP contribution in [0.1, 0.15) is 29.5 Å². The van der Waals surface area contributed by atoms with Gasteiger partial charge in [0.25, 0.3) is 5.91 Å². The lowest BCUT2D eigenvalue weighted by Gasteiger charge is -2.44. The summed E-state index contributed by atoms with van der Waals surface area (Å²) in [6, 6.07) is 34.5. The number of amides is 3. The van der Waals surface area contributed by atoms with Gasteiger partial charge in [-0.15, -0.1) is 0 Å². The molecule has 3 N–H and O–H groups in total. The third-order valence-electron chi connectivity index (χ3n) is 10.4. The number of para-hydroxylation sites is 2. The Balaban J connectivity index is 1.07. The molecule has 262 valence electrons. The summed E-state index contributed by atoms with van der Waals surface area (Å²) in [5.74, 6) is -0.373. The summed E-state index contributed by atoms with van der Waals surface area (Å²) >= 11 is 6.19. The second-order valence-electron chi connectivity index (χ2n) is 13.6. The second kappa shape index (κ2) is 15.0. The number of piperidine rings is 1. The van der Waals surface area contributed by atoms with E-state index < -0.39 is 11.6 Å². The van der Waals surface area contributed by atoms with Crippen LogP contribution in [-0.2, 0) is 33.8 Å². The number of carbonyl (C=O) groups excluding carboxylic acids is 3. The minimum atomic E-state index is -0.868. The standard InChI is InChI=1S/C41H43ClN6O3/c1-29(36-25-31-10-8-9-11-32(31)26-43-36)44-37(24-30-16-18-33(42)19-17-30)39(50)46-22-20-41(21-23-46)40(51)47(28-48(41)35-14-6-3-7-15-35)27-38(49)45-34-12-4-2-5-13-34/h2-19,36-37,43-44H,1,20-28H2,(H,45,49)/t36-,37-/m1/s1. The van der Waals surface area contributed by atoms with Crippen LogP contribution in [-0.4, -0.2) is 71.4 Å². The fourth-order valence-electron chi connectivity index (χ4n) is 7.62. The van der Waals surface area contributed by atoms with Crippen molar-refractivity contribution in [3.63, 3.8) is 0 Å². The van der Waals surface area contributed by atoms with Gasteiger partial charge < -0.3 is 30.7 Å². The number of anilines is 2. The topological polar surface area (TPSA) is 97.0 Å². The van der Waals surface area contributed by atoms with E-state index in [1.54, 1.807) is 4.90 Å². The van der Waals surface area contributed by atoms with Crippen molar-refractivity contribution in [3.05, 3.63) is 143 Å². The van der Waals surface area contributed by atoms with Gasteiger partial charge in [-0.3, -0.25) is 14.4 Å². The molecule has 3 aliphatic heterocycles. The number of hydrogen-bond donors (Lipinski definition) is 3. The molecule has 3 amide bonds. The van der Waals surface area contributed by atoms with Gasteiger partial charge in [-0.25, -0.2) is 0 Å². The molecule has 9 nitrogen and oxygen atoms in total. The van der Waals surface area contributed by atoms with E-state index in [9.17, 15) is 14.4 Å². The van der Waals surface area contributed by atoms with Crippen LogP contribution in [0.25, 0.3) is 0 Å². The Morgan fingerprint density at radius 3 is 2.24 bits per heavy atom. The number of hydrogen-bond acceptors (Lipinski definition) is 6. The van der Waals surface area contributed by atoms with Crippen molar-refractivity contribution in [3.8, 4) is 0 Å². The maximum Gasteiger partial charge on any atom is 0.250 e. The first kappa shape index (κ1) is 34.3. The van der Waals surface area contributed by atoms with Crippen molar-refractivity contribution >= 4 is 40.7 Å². The zero-order valence-corrected chi connectivity index (χ0v) is 29.3. The van der Waals surface area contributed by atoms with Gasteiger partial charge in [-0.1, -0.05) is 91.0 Å². The first-order valence-corrected chi connectivity index (χ1v) is 17.9. The number of likely N-dealkylation sites (tertiary alicyclic amines) is 1. The van der Waals surface area contributed by atoms with Crippen molar-refractivity contribution < 1.29 is 14.4 Å². The molecule has 0 bridgehead atoms. The Morgan fingerprint density at radius 2 is 1.53 bits per heavy atom. The molecule has 10 heteroatoms. The zero-order chi connectivity index (χ0) is 35.4. The average Bonchev–Trinajstić information content (AvgIpc) is 3.41. The Bertz CT molecular complexity index is 1880. The second-order valence-corrected chi connectivity index (χ2v) is 14.1. The summed E-state index contributed by atoms with van der Waals surface area (Å²) in [6.07, 6.45) is 2.13. The molecule has 0 radical (unpaired) electrons. The highest BCUT2D eigenvalue weighted by molar-refractivity contribution is 6.30. The normalized spacial score (nSPS) is 18.6. The molecule has 0 aliphatic carbocycles. The summed E-state index contributed by atoms with van der Waals surface area (Å²) in [6.45, 7) is 6.16. The van der Waals surface area contributed by atoms with Crippen molar-refractivity contribution in [2.45, 2.75) is 49.9 Å². The predicted octanol–water partition coefficient (Wildman–Crippen LogP) is 5.38. The third kappa shape index (κ3) is 7.50. The molecule has 4 aromatic rings. The number of halogens is 1. The molecule has 3 aliphatic rings. The smallest absolute Gasteiger partial charge is 0.250 e. The number of fused-ring (bicyclic) bond motifs is 1. The quantitative estimate of drug-likeness (QED) is 0.206. The number of carbonyl (C=O) groups is 3. The minimum Gasteiger partial charge on any atom is -0.376 e. The van der Waals surface area contributed by atoms with Crippen LogP contribution in [0.5, 0.6) is 0 Å². The largest absolute Gasteiger partial charge is 0.376 e. The van der Waals surface area contributed by atoms with Crippen LogP contribution in [0.4, 0.5) is 11.4 Å². The van der Waals surface area contributed by atoms with Crippen LogP contribution in [0.15, 0.2) is 121 Å². The number of rotatable bonds is 10. The predicted molar refractivity (Wildman–Crippen MR) is 201 cm³/mol. The van der Waals surface area contributed by atoms with E-state index in [0.29, 0.717) is 43.1 Å². The highest BCUT2D eigenvalue weighted by atomic mass is 35.5. The van der Waals surface area contributed by atoms with Gasteiger partial charge >= 0.3 is 0 Å². The minimum absolute atomic E-state index is 0.0225. The van der Waals surface area contributed by atoms with Gasteiger partial charge in [0.2, 0.25) is 11.8 Å². The van der Waals surface area contributed by atoms with Crippen LogP contribution in [0, 0.1) is 0 Å². The van der Waals surface area contributed by atoms with Gasteiger partial charge in [0.1, 0.15) is 18.1 Å². The molecule has 51 heavy (non-hydrogen) atoms. The van der Waals surface area contributed by atoms with Gasteiger partial charge in [0, 0.05) is 48.1 Å². The molecule has 0 aromatic heterocycles. The average molecular weight is 703 g/mol. The third-order valence-corrected chi connectivity index (χ3v) is 10.6. The monoisotopic (exact) mass is 702 g/mol. The number of benzene rings is 4. The van der Waals surface area contributed by atoms with Gasteiger partial charge in [-0.2, -0.15) is 0 Å². The molecule has 2 atom stereocenters. The molecular formula is C41H43ClN6O3.